The minimum atomic E-state index is -0.500. The van der Waals surface area contributed by atoms with Gasteiger partial charge in [0.1, 0.15) is 5.75 Å². The Kier molecular flexibility index (Phi) is 12.6. The van der Waals surface area contributed by atoms with Gasteiger partial charge in [-0.3, -0.25) is 0 Å². The first-order valence-corrected chi connectivity index (χ1v) is 2.61. The van der Waals surface area contributed by atoms with Gasteiger partial charge in [0.15, 0.2) is 0 Å². The Hall–Kier alpha value is 0.126. The fourth-order valence-corrected chi connectivity index (χ4v) is 0.428. The molecule has 4 heteroatoms. The van der Waals surface area contributed by atoms with Crippen LogP contribution in [0.25, 0.3) is 0 Å². The molecule has 0 radical (unpaired) electrons. The molecule has 0 atom stereocenters. The third-order valence-electron chi connectivity index (χ3n) is 0.756. The predicted molar refractivity (Wildman–Crippen MR) is 34.2 cm³/mol. The number of carbonyl (C=O) groups excluding carboxylic acids is 1. The van der Waals surface area contributed by atoms with Crippen molar-refractivity contribution in [3.8, 4) is 5.75 Å². The summed E-state index contributed by atoms with van der Waals surface area (Å²) in [6, 6.07) is 8.71. The van der Waals surface area contributed by atoms with Crippen LogP contribution in [0, 0.1) is 0 Å². The van der Waals surface area contributed by atoms with Crippen LogP contribution in [-0.2, 0) is 4.79 Å². The molecule has 0 aliphatic heterocycles. The van der Waals surface area contributed by atoms with Crippen LogP contribution in [0.3, 0.4) is 0 Å². The van der Waals surface area contributed by atoms with Gasteiger partial charge >= 0.3 is 51.4 Å². The molecule has 0 amide bonds. The van der Waals surface area contributed by atoms with Gasteiger partial charge in [-0.15, -0.1) is 0 Å². The number of hydrogen-bond donors (Lipinski definition) is 1. The Morgan fingerprint density at radius 3 is 1.82 bits per heavy atom. The van der Waals surface area contributed by atoms with Gasteiger partial charge in [0.05, 0.1) is 0 Å². The molecule has 0 saturated carbocycles. The number of carbonyl (C=O) groups is 1. The maximum absolute atomic E-state index is 8.63. The first kappa shape index (κ1) is 13.7. The number of hydrogen-bond acceptors (Lipinski definition) is 3. The molecule has 54 valence electrons. The van der Waals surface area contributed by atoms with Crippen molar-refractivity contribution in [3.63, 3.8) is 0 Å². The van der Waals surface area contributed by atoms with Gasteiger partial charge in [0.25, 0.3) is 0 Å². The van der Waals surface area contributed by atoms with Crippen molar-refractivity contribution in [1.82, 2.24) is 0 Å². The van der Waals surface area contributed by atoms with E-state index in [1.165, 1.54) is 0 Å². The summed E-state index contributed by atoms with van der Waals surface area (Å²) in [6.07, 6.45) is 0. The van der Waals surface area contributed by atoms with Crippen LogP contribution in [-0.4, -0.2) is 11.6 Å². The molecule has 1 N–H and O–H groups in total. The van der Waals surface area contributed by atoms with Crippen LogP contribution in [0.2, 0.25) is 0 Å². The standard InChI is InChI=1S/C6H6O.CH2O2.K/c7-6-4-2-1-3-5-6;2-1-3;/h1-5,7H;1H,(H,2,3);/q;;+1/p-1. The molecule has 0 fully saturated rings. The van der Waals surface area contributed by atoms with Crippen molar-refractivity contribution in [2.24, 2.45) is 0 Å². The number of benzene rings is 1. The molecule has 0 heterocycles. The van der Waals surface area contributed by atoms with E-state index in [9.17, 15) is 0 Å². The van der Waals surface area contributed by atoms with Crippen molar-refractivity contribution in [2.45, 2.75) is 0 Å². The normalized spacial score (nSPS) is 6.55. The van der Waals surface area contributed by atoms with Crippen molar-refractivity contribution >= 4 is 6.47 Å². The average Bonchev–Trinajstić information content (AvgIpc) is 1.91. The van der Waals surface area contributed by atoms with Gasteiger partial charge in [-0.25, -0.2) is 0 Å². The Labute approximate surface area is 107 Å². The monoisotopic (exact) mass is 178 g/mol. The van der Waals surface area contributed by atoms with E-state index in [4.69, 9.17) is 15.0 Å². The van der Waals surface area contributed by atoms with Crippen molar-refractivity contribution in [2.75, 3.05) is 0 Å². The topological polar surface area (TPSA) is 60.4 Å². The van der Waals surface area contributed by atoms with Crippen LogP contribution in [0.4, 0.5) is 0 Å². The number of phenolic OH excluding ortho intramolecular Hbond substituents is 1. The Balaban J connectivity index is 0. The molecule has 0 aliphatic carbocycles. The van der Waals surface area contributed by atoms with E-state index in [-0.39, 0.29) is 51.4 Å². The minimum Gasteiger partial charge on any atom is -0.554 e. The molecule has 0 aliphatic rings. The smallest absolute Gasteiger partial charge is 0.554 e. The number of aromatic hydroxyl groups is 1. The molecular weight excluding hydrogens is 171 g/mol. The second-order valence-electron chi connectivity index (χ2n) is 1.43. The molecule has 1 rings (SSSR count). The fraction of sp³-hybridized carbons (Fsp3) is 0. The maximum atomic E-state index is 8.63. The van der Waals surface area contributed by atoms with Gasteiger partial charge in [0, 0.05) is 6.47 Å². The van der Waals surface area contributed by atoms with E-state index < -0.39 is 6.47 Å². The molecule has 0 aromatic heterocycles. The molecule has 3 nitrogen and oxygen atoms in total. The molecule has 0 saturated heterocycles. The Morgan fingerprint density at radius 2 is 1.64 bits per heavy atom. The molecule has 1 aromatic rings. The van der Waals surface area contributed by atoms with E-state index in [1.807, 2.05) is 6.07 Å². The van der Waals surface area contributed by atoms with Gasteiger partial charge in [-0.2, -0.15) is 0 Å². The summed E-state index contributed by atoms with van der Waals surface area (Å²) in [5.41, 5.74) is 0. The summed E-state index contributed by atoms with van der Waals surface area (Å²) in [4.78, 5) is 8.25. The van der Waals surface area contributed by atoms with Crippen LogP contribution in [0.5, 0.6) is 5.75 Å². The summed E-state index contributed by atoms with van der Waals surface area (Å²) < 4.78 is 0. The molecule has 11 heavy (non-hydrogen) atoms. The summed E-state index contributed by atoms with van der Waals surface area (Å²) >= 11 is 0. The third kappa shape index (κ3) is 10.1. The second-order valence-corrected chi connectivity index (χ2v) is 1.43. The van der Waals surface area contributed by atoms with E-state index in [1.54, 1.807) is 24.3 Å². The molecular formula is C7H7KO3. The second kappa shape index (κ2) is 10.1. The Bertz CT molecular complexity index is 176. The van der Waals surface area contributed by atoms with E-state index in [0.717, 1.165) is 0 Å². The van der Waals surface area contributed by atoms with E-state index in [0.29, 0.717) is 5.75 Å². The first-order valence-electron chi connectivity index (χ1n) is 2.61. The average molecular weight is 178 g/mol. The van der Waals surface area contributed by atoms with E-state index >= 15 is 0 Å². The van der Waals surface area contributed by atoms with Crippen LogP contribution in [0.1, 0.15) is 0 Å². The molecule has 1 aromatic carbocycles. The largest absolute Gasteiger partial charge is 1.00 e. The van der Waals surface area contributed by atoms with Crippen LogP contribution >= 0.6 is 0 Å². The summed E-state index contributed by atoms with van der Waals surface area (Å²) in [5.74, 6) is 0.322. The van der Waals surface area contributed by atoms with Gasteiger partial charge < -0.3 is 15.0 Å². The van der Waals surface area contributed by atoms with Crippen molar-refractivity contribution < 1.29 is 66.4 Å². The number of para-hydroxylation sites is 1. The third-order valence-corrected chi connectivity index (χ3v) is 0.756. The van der Waals surface area contributed by atoms with Crippen molar-refractivity contribution in [3.05, 3.63) is 30.3 Å². The number of carboxylic acid groups (broad SMARTS) is 1. The van der Waals surface area contributed by atoms with Crippen LogP contribution in [0.15, 0.2) is 30.3 Å². The number of rotatable bonds is 0. The zero-order valence-electron chi connectivity index (χ0n) is 6.23. The number of phenols is 1. The summed E-state index contributed by atoms with van der Waals surface area (Å²) in [5, 5.41) is 16.9. The zero-order valence-corrected chi connectivity index (χ0v) is 9.35. The Morgan fingerprint density at radius 1 is 1.27 bits per heavy atom. The predicted octanol–water partition coefficient (Wildman–Crippen LogP) is -3.24. The van der Waals surface area contributed by atoms with E-state index in [2.05, 4.69) is 0 Å². The quantitative estimate of drug-likeness (QED) is 0.335. The maximum Gasteiger partial charge on any atom is 1.00 e. The zero-order chi connectivity index (χ0) is 7.82. The van der Waals surface area contributed by atoms with Gasteiger partial charge in [-0.1, -0.05) is 18.2 Å². The summed E-state index contributed by atoms with van der Waals surface area (Å²) in [6.45, 7) is -0.500. The molecule has 0 spiro atoms. The van der Waals surface area contributed by atoms with Crippen molar-refractivity contribution in [1.29, 1.82) is 0 Å². The minimum absolute atomic E-state index is 0. The summed E-state index contributed by atoms with van der Waals surface area (Å²) in [7, 11) is 0. The molecule has 0 bridgehead atoms. The van der Waals surface area contributed by atoms with Gasteiger partial charge in [-0.05, 0) is 12.1 Å². The SMILES string of the molecule is O=C[O-].Oc1ccccc1.[K+]. The fourth-order valence-electron chi connectivity index (χ4n) is 0.428. The van der Waals surface area contributed by atoms with Crippen LogP contribution < -0.4 is 56.5 Å². The first-order chi connectivity index (χ1) is 4.81. The molecule has 0 unspecified atom stereocenters. The van der Waals surface area contributed by atoms with Gasteiger partial charge in [0.2, 0.25) is 0 Å².